The molecule has 7 nitrogen and oxygen atoms in total. The van der Waals surface area contributed by atoms with Gasteiger partial charge in [-0.3, -0.25) is 14.2 Å². The Morgan fingerprint density at radius 2 is 1.91 bits per heavy atom. The Labute approximate surface area is 209 Å². The summed E-state index contributed by atoms with van der Waals surface area (Å²) >= 11 is 9.79. The lowest BCUT2D eigenvalue weighted by molar-refractivity contribution is 0.102. The third-order valence-electron chi connectivity index (χ3n) is 5.71. The Kier molecular flexibility index (Phi) is 5.93. The predicted octanol–water partition coefficient (Wildman–Crippen LogP) is 5.86. The second-order valence-corrected chi connectivity index (χ2v) is 9.17. The van der Waals surface area contributed by atoms with Crippen LogP contribution < -0.4 is 5.32 Å². The highest BCUT2D eigenvalue weighted by atomic mass is 79.9. The molecule has 1 N–H and O–H groups in total. The maximum absolute atomic E-state index is 13.4. The van der Waals surface area contributed by atoms with Gasteiger partial charge in [0.2, 0.25) is 0 Å². The lowest BCUT2D eigenvalue weighted by atomic mass is 10.0. The fourth-order valence-electron chi connectivity index (χ4n) is 3.79. The van der Waals surface area contributed by atoms with E-state index >= 15 is 0 Å². The van der Waals surface area contributed by atoms with Crippen LogP contribution in [-0.2, 0) is 13.6 Å². The summed E-state index contributed by atoms with van der Waals surface area (Å²) in [6, 6.07) is 17.0. The fraction of sp³-hybridized carbons (Fsp3) is 0.120. The number of carbonyl (C=O) groups excluding carboxylic acids is 1. The molecule has 0 aliphatic carbocycles. The van der Waals surface area contributed by atoms with Crippen LogP contribution in [0.1, 0.15) is 21.6 Å². The van der Waals surface area contributed by atoms with Gasteiger partial charge in [0.1, 0.15) is 0 Å². The fourth-order valence-corrected chi connectivity index (χ4v) is 4.40. The Hall–Kier alpha value is -3.49. The molecule has 34 heavy (non-hydrogen) atoms. The summed E-state index contributed by atoms with van der Waals surface area (Å²) < 4.78 is 4.19. The van der Waals surface area contributed by atoms with E-state index in [9.17, 15) is 4.79 Å². The first-order chi connectivity index (χ1) is 16.4. The second kappa shape index (κ2) is 9.04. The largest absolute Gasteiger partial charge is 0.304 e. The van der Waals surface area contributed by atoms with Crippen LogP contribution in [0.2, 0.25) is 5.02 Å². The van der Waals surface area contributed by atoms with Gasteiger partial charge in [0, 0.05) is 34.9 Å². The molecule has 2 aromatic carbocycles. The first kappa shape index (κ1) is 22.3. The van der Waals surface area contributed by atoms with Gasteiger partial charge in [-0.2, -0.15) is 10.2 Å². The molecule has 3 heterocycles. The lowest BCUT2D eigenvalue weighted by Gasteiger charge is -2.10. The average molecular weight is 536 g/mol. The zero-order valence-electron chi connectivity index (χ0n) is 18.5. The maximum atomic E-state index is 13.4. The number of anilines is 1. The van der Waals surface area contributed by atoms with Gasteiger partial charge in [-0.25, -0.2) is 4.98 Å². The van der Waals surface area contributed by atoms with Gasteiger partial charge >= 0.3 is 0 Å². The van der Waals surface area contributed by atoms with E-state index in [1.54, 1.807) is 21.6 Å². The molecule has 1 amide bonds. The molecule has 5 rings (SSSR count). The third-order valence-corrected chi connectivity index (χ3v) is 6.66. The number of carbonyl (C=O) groups is 1. The molecule has 0 saturated heterocycles. The summed E-state index contributed by atoms with van der Waals surface area (Å²) in [7, 11) is 1.88. The number of benzene rings is 2. The minimum atomic E-state index is -0.273. The molecule has 9 heteroatoms. The van der Waals surface area contributed by atoms with Crippen LogP contribution in [0.15, 0.2) is 71.5 Å². The second-order valence-electron chi connectivity index (χ2n) is 7.91. The molecule has 3 aromatic heterocycles. The van der Waals surface area contributed by atoms with Crippen LogP contribution in [0.25, 0.3) is 22.2 Å². The van der Waals surface area contributed by atoms with E-state index in [1.165, 1.54) is 0 Å². The van der Waals surface area contributed by atoms with Crippen LogP contribution in [-0.4, -0.2) is 30.5 Å². The summed E-state index contributed by atoms with van der Waals surface area (Å²) in [6.45, 7) is 2.46. The van der Waals surface area contributed by atoms with Gasteiger partial charge in [0.15, 0.2) is 5.82 Å². The van der Waals surface area contributed by atoms with Crippen molar-refractivity contribution in [2.75, 3.05) is 5.32 Å². The zero-order valence-corrected chi connectivity index (χ0v) is 20.8. The first-order valence-corrected chi connectivity index (χ1v) is 11.7. The van der Waals surface area contributed by atoms with Crippen molar-refractivity contribution >= 4 is 50.2 Å². The van der Waals surface area contributed by atoms with Gasteiger partial charge in [-0.1, -0.05) is 48.0 Å². The minimum Gasteiger partial charge on any atom is -0.304 e. The highest BCUT2D eigenvalue weighted by Crippen LogP contribution is 2.28. The Bertz CT molecular complexity index is 1540. The molecule has 170 valence electrons. The maximum Gasteiger partial charge on any atom is 0.257 e. The number of pyridine rings is 1. The van der Waals surface area contributed by atoms with Gasteiger partial charge in [0.25, 0.3) is 5.91 Å². The molecule has 0 spiro atoms. The number of fused-ring (bicyclic) bond motifs is 1. The number of para-hydroxylation sites is 1. The van der Waals surface area contributed by atoms with Crippen LogP contribution in [0.5, 0.6) is 0 Å². The van der Waals surface area contributed by atoms with Crippen molar-refractivity contribution < 1.29 is 4.79 Å². The number of nitrogens with zero attached hydrogens (tertiary/aromatic N) is 5. The normalized spacial score (nSPS) is 11.2. The number of hydrogen-bond donors (Lipinski definition) is 1. The molecular weight excluding hydrogens is 516 g/mol. The summed E-state index contributed by atoms with van der Waals surface area (Å²) in [5.74, 6) is 0.155. The molecule has 0 fully saturated rings. The van der Waals surface area contributed by atoms with Crippen molar-refractivity contribution in [2.45, 2.75) is 13.5 Å². The van der Waals surface area contributed by atoms with E-state index in [0.717, 1.165) is 27.7 Å². The molecule has 0 bridgehead atoms. The highest BCUT2D eigenvalue weighted by molar-refractivity contribution is 9.10. The van der Waals surface area contributed by atoms with Crippen molar-refractivity contribution in [1.82, 2.24) is 24.5 Å². The molecule has 0 aliphatic rings. The zero-order chi connectivity index (χ0) is 23.8. The summed E-state index contributed by atoms with van der Waals surface area (Å²) in [6.07, 6.45) is 3.58. The van der Waals surface area contributed by atoms with E-state index in [0.29, 0.717) is 33.1 Å². The average Bonchev–Trinajstić information content (AvgIpc) is 3.35. The molecule has 0 unspecified atom stereocenters. The lowest BCUT2D eigenvalue weighted by Crippen LogP contribution is -2.14. The van der Waals surface area contributed by atoms with Crippen LogP contribution in [0.4, 0.5) is 5.82 Å². The van der Waals surface area contributed by atoms with Crippen LogP contribution >= 0.6 is 27.5 Å². The quantitative estimate of drug-likeness (QED) is 0.306. The Morgan fingerprint density at radius 1 is 1.15 bits per heavy atom. The van der Waals surface area contributed by atoms with E-state index in [2.05, 4.69) is 31.4 Å². The monoisotopic (exact) mass is 534 g/mol. The number of aromatic nitrogens is 5. The number of halogens is 2. The highest BCUT2D eigenvalue weighted by Gasteiger charge is 2.18. The van der Waals surface area contributed by atoms with Crippen molar-refractivity contribution in [1.29, 1.82) is 0 Å². The Balaban J connectivity index is 1.49. The van der Waals surface area contributed by atoms with Gasteiger partial charge in [-0.05, 0) is 46.6 Å². The summed E-state index contributed by atoms with van der Waals surface area (Å²) in [5.41, 5.74) is 4.72. The van der Waals surface area contributed by atoms with Gasteiger partial charge in [0.05, 0.1) is 34.0 Å². The molecule has 0 saturated carbocycles. The van der Waals surface area contributed by atoms with Gasteiger partial charge in [-0.15, -0.1) is 0 Å². The van der Waals surface area contributed by atoms with E-state index < -0.39 is 0 Å². The van der Waals surface area contributed by atoms with Crippen LogP contribution in [0, 0.1) is 6.92 Å². The third kappa shape index (κ3) is 4.22. The SMILES string of the molecule is Cc1c(-c2cc(C(=O)Nc3nn(Cc4ccccc4Cl)cc3Br)c3ccccc3n2)cnn1C. The van der Waals surface area contributed by atoms with Crippen molar-refractivity contribution in [3.8, 4) is 11.3 Å². The molecular formula is C25H20BrClN6O. The van der Waals surface area contributed by atoms with E-state index in [-0.39, 0.29) is 5.91 Å². The van der Waals surface area contributed by atoms with Crippen molar-refractivity contribution in [2.24, 2.45) is 7.05 Å². The topological polar surface area (TPSA) is 77.6 Å². The number of hydrogen-bond acceptors (Lipinski definition) is 4. The van der Waals surface area contributed by atoms with Crippen molar-refractivity contribution in [3.05, 3.63) is 93.3 Å². The smallest absolute Gasteiger partial charge is 0.257 e. The van der Waals surface area contributed by atoms with Crippen LogP contribution in [0.3, 0.4) is 0 Å². The van der Waals surface area contributed by atoms with E-state index in [1.807, 2.05) is 68.7 Å². The number of rotatable bonds is 5. The van der Waals surface area contributed by atoms with E-state index in [4.69, 9.17) is 16.6 Å². The standard InChI is InChI=1S/C25H20BrClN6O/c1-15-19(12-28-32(15)2)23-11-18(17-8-4-6-10-22(17)29-23)25(34)30-24-20(26)14-33(31-24)13-16-7-3-5-9-21(16)27/h3-12,14H,13H2,1-2H3,(H,30,31,34). The minimum absolute atomic E-state index is 0.273. The molecule has 0 radical (unpaired) electrons. The summed E-state index contributed by atoms with van der Waals surface area (Å²) in [4.78, 5) is 18.2. The number of nitrogens with one attached hydrogen (secondary N) is 1. The first-order valence-electron chi connectivity index (χ1n) is 10.6. The molecule has 5 aromatic rings. The number of amides is 1. The number of aryl methyl sites for hydroxylation is 1. The molecule has 0 aliphatic heterocycles. The predicted molar refractivity (Wildman–Crippen MR) is 137 cm³/mol. The van der Waals surface area contributed by atoms with Crippen molar-refractivity contribution in [3.63, 3.8) is 0 Å². The summed E-state index contributed by atoms with van der Waals surface area (Å²) in [5, 5.41) is 13.2. The van der Waals surface area contributed by atoms with Gasteiger partial charge < -0.3 is 5.32 Å². The Morgan fingerprint density at radius 3 is 2.68 bits per heavy atom. The molecule has 0 atom stereocenters.